The van der Waals surface area contributed by atoms with Gasteiger partial charge in [0.25, 0.3) is 0 Å². The first-order chi connectivity index (χ1) is 10.7. The highest BCUT2D eigenvalue weighted by molar-refractivity contribution is 5.68. The minimum atomic E-state index is -0.428. The Hall–Kier alpha value is -0.810. The Kier molecular flexibility index (Phi) is 6.32. The van der Waals surface area contributed by atoms with E-state index in [0.717, 1.165) is 45.4 Å². The van der Waals surface area contributed by atoms with Gasteiger partial charge in [0.15, 0.2) is 0 Å². The van der Waals surface area contributed by atoms with E-state index in [1.165, 1.54) is 0 Å². The minimum Gasteiger partial charge on any atom is -0.444 e. The molecule has 2 rings (SSSR count). The van der Waals surface area contributed by atoms with Gasteiger partial charge in [-0.25, -0.2) is 4.79 Å². The van der Waals surface area contributed by atoms with Crippen LogP contribution < -0.4 is 5.32 Å². The molecule has 2 heterocycles. The third-order valence-corrected chi connectivity index (χ3v) is 4.60. The molecule has 0 aromatic heterocycles. The number of nitrogens with one attached hydrogen (secondary N) is 1. The van der Waals surface area contributed by atoms with Crippen LogP contribution in [0.4, 0.5) is 4.79 Å². The van der Waals surface area contributed by atoms with Gasteiger partial charge in [0.1, 0.15) is 5.60 Å². The number of carbonyl (C=O) groups excluding carboxylic acids is 1. The van der Waals surface area contributed by atoms with Crippen molar-refractivity contribution in [3.63, 3.8) is 0 Å². The fourth-order valence-electron chi connectivity index (χ4n) is 3.38. The van der Waals surface area contributed by atoms with Gasteiger partial charge < -0.3 is 19.7 Å². The van der Waals surface area contributed by atoms with Crippen LogP contribution in [0.1, 0.15) is 60.3 Å². The lowest BCUT2D eigenvalue weighted by molar-refractivity contribution is -0.0280. The zero-order valence-electron chi connectivity index (χ0n) is 15.4. The van der Waals surface area contributed by atoms with E-state index in [1.54, 1.807) is 0 Å². The molecule has 0 radical (unpaired) electrons. The molecule has 0 aliphatic carbocycles. The molecule has 2 saturated heterocycles. The number of nitrogens with zero attached hydrogens (tertiary/aromatic N) is 1. The van der Waals surface area contributed by atoms with Crippen molar-refractivity contribution < 1.29 is 14.3 Å². The average Bonchev–Trinajstić information content (AvgIpc) is 2.46. The maximum Gasteiger partial charge on any atom is 0.410 e. The van der Waals surface area contributed by atoms with Crippen LogP contribution in [0.25, 0.3) is 0 Å². The van der Waals surface area contributed by atoms with E-state index in [1.807, 2.05) is 25.7 Å². The first-order valence-corrected chi connectivity index (χ1v) is 9.10. The number of amides is 1. The summed E-state index contributed by atoms with van der Waals surface area (Å²) in [6.07, 6.45) is 4.46. The molecule has 1 amide bonds. The van der Waals surface area contributed by atoms with Crippen LogP contribution >= 0.6 is 0 Å². The summed E-state index contributed by atoms with van der Waals surface area (Å²) < 4.78 is 11.4. The van der Waals surface area contributed by atoms with E-state index in [2.05, 4.69) is 19.2 Å². The highest BCUT2D eigenvalue weighted by atomic mass is 16.6. The normalized spacial score (nSPS) is 29.7. The van der Waals surface area contributed by atoms with E-state index in [9.17, 15) is 4.79 Å². The van der Waals surface area contributed by atoms with E-state index in [0.29, 0.717) is 24.1 Å². The molecule has 0 aromatic carbocycles. The molecule has 0 aromatic rings. The molecule has 0 spiro atoms. The lowest BCUT2D eigenvalue weighted by Gasteiger charge is -2.38. The van der Waals surface area contributed by atoms with Crippen molar-refractivity contribution in [1.29, 1.82) is 0 Å². The first-order valence-electron chi connectivity index (χ1n) is 9.10. The lowest BCUT2D eigenvalue weighted by atomic mass is 9.94. The monoisotopic (exact) mass is 326 g/mol. The molecular formula is C18H34N2O3. The first kappa shape index (κ1) is 18.5. The molecule has 5 heteroatoms. The SMILES string of the molecule is CC(C)C1CC(NC2CCCN(C(=O)OC(C)(C)C)C2)CCO1. The van der Waals surface area contributed by atoms with Crippen molar-refractivity contribution in [3.05, 3.63) is 0 Å². The molecule has 2 aliphatic rings. The van der Waals surface area contributed by atoms with E-state index < -0.39 is 5.60 Å². The lowest BCUT2D eigenvalue weighted by Crippen LogP contribution is -2.53. The summed E-state index contributed by atoms with van der Waals surface area (Å²) in [6.45, 7) is 12.6. The molecule has 3 atom stereocenters. The second kappa shape index (κ2) is 7.84. The maximum atomic E-state index is 12.2. The molecule has 23 heavy (non-hydrogen) atoms. The van der Waals surface area contributed by atoms with Crippen molar-refractivity contribution in [2.45, 2.75) is 84.1 Å². The van der Waals surface area contributed by atoms with Crippen LogP contribution in [0.2, 0.25) is 0 Å². The molecule has 2 aliphatic heterocycles. The maximum absolute atomic E-state index is 12.2. The summed E-state index contributed by atoms with van der Waals surface area (Å²) in [5.74, 6) is 0.559. The van der Waals surface area contributed by atoms with Gasteiger partial charge in [-0.2, -0.15) is 0 Å². The summed E-state index contributed by atoms with van der Waals surface area (Å²) in [5.41, 5.74) is -0.428. The Morgan fingerprint density at radius 3 is 2.65 bits per heavy atom. The zero-order valence-corrected chi connectivity index (χ0v) is 15.4. The fraction of sp³-hybridized carbons (Fsp3) is 0.944. The third-order valence-electron chi connectivity index (χ3n) is 4.60. The van der Waals surface area contributed by atoms with Crippen LogP contribution in [0, 0.1) is 5.92 Å². The molecular weight excluding hydrogens is 292 g/mol. The molecule has 2 fully saturated rings. The number of rotatable bonds is 3. The molecule has 3 unspecified atom stereocenters. The van der Waals surface area contributed by atoms with Crippen LogP contribution in [-0.4, -0.2) is 54.5 Å². The van der Waals surface area contributed by atoms with Gasteiger partial charge in [-0.15, -0.1) is 0 Å². The van der Waals surface area contributed by atoms with Crippen molar-refractivity contribution in [1.82, 2.24) is 10.2 Å². The molecule has 134 valence electrons. The third kappa shape index (κ3) is 5.96. The summed E-state index contributed by atoms with van der Waals surface area (Å²) in [6, 6.07) is 0.868. The van der Waals surface area contributed by atoms with Gasteiger partial charge in [-0.05, 0) is 52.4 Å². The van der Waals surface area contributed by atoms with Gasteiger partial charge in [-0.1, -0.05) is 13.8 Å². The number of piperidine rings is 1. The second-order valence-corrected chi connectivity index (χ2v) is 8.31. The average molecular weight is 326 g/mol. The zero-order chi connectivity index (χ0) is 17.0. The van der Waals surface area contributed by atoms with E-state index in [4.69, 9.17) is 9.47 Å². The predicted octanol–water partition coefficient (Wildman–Crippen LogP) is 3.18. The minimum absolute atomic E-state index is 0.184. The van der Waals surface area contributed by atoms with Crippen LogP contribution in [0.5, 0.6) is 0 Å². The van der Waals surface area contributed by atoms with Crippen molar-refractivity contribution in [2.75, 3.05) is 19.7 Å². The molecule has 0 saturated carbocycles. The van der Waals surface area contributed by atoms with Crippen molar-refractivity contribution >= 4 is 6.09 Å². The van der Waals surface area contributed by atoms with Gasteiger partial charge in [0.05, 0.1) is 6.10 Å². The number of likely N-dealkylation sites (tertiary alicyclic amines) is 1. The molecule has 0 bridgehead atoms. The highest BCUT2D eigenvalue weighted by Gasteiger charge is 2.31. The largest absolute Gasteiger partial charge is 0.444 e. The Morgan fingerprint density at radius 2 is 2.00 bits per heavy atom. The Labute approximate surface area is 141 Å². The van der Waals surface area contributed by atoms with E-state index >= 15 is 0 Å². The van der Waals surface area contributed by atoms with Gasteiger partial charge in [-0.3, -0.25) is 0 Å². The second-order valence-electron chi connectivity index (χ2n) is 8.31. The summed E-state index contributed by atoms with van der Waals surface area (Å²) in [4.78, 5) is 14.1. The Balaban J connectivity index is 1.83. The standard InChI is InChI=1S/C18H34N2O3/c1-13(2)16-11-14(8-10-22-16)19-15-7-6-9-20(12-15)17(21)23-18(3,4)5/h13-16,19H,6-12H2,1-5H3. The highest BCUT2D eigenvalue weighted by Crippen LogP contribution is 2.22. The van der Waals surface area contributed by atoms with Crippen LogP contribution in [0.3, 0.4) is 0 Å². The Morgan fingerprint density at radius 1 is 1.26 bits per heavy atom. The van der Waals surface area contributed by atoms with Gasteiger partial charge in [0.2, 0.25) is 0 Å². The summed E-state index contributed by atoms with van der Waals surface area (Å²) in [5, 5.41) is 3.76. The van der Waals surface area contributed by atoms with Crippen LogP contribution in [-0.2, 0) is 9.47 Å². The Bertz CT molecular complexity index is 392. The smallest absolute Gasteiger partial charge is 0.410 e. The quantitative estimate of drug-likeness (QED) is 0.865. The van der Waals surface area contributed by atoms with Crippen LogP contribution in [0.15, 0.2) is 0 Å². The van der Waals surface area contributed by atoms with Crippen molar-refractivity contribution in [3.8, 4) is 0 Å². The number of carbonyl (C=O) groups is 1. The molecule has 1 N–H and O–H groups in total. The topological polar surface area (TPSA) is 50.8 Å². The van der Waals surface area contributed by atoms with Gasteiger partial charge >= 0.3 is 6.09 Å². The van der Waals surface area contributed by atoms with Gasteiger partial charge in [0, 0.05) is 31.8 Å². The fourth-order valence-corrected chi connectivity index (χ4v) is 3.38. The summed E-state index contributed by atoms with van der Waals surface area (Å²) >= 11 is 0. The number of hydrogen-bond donors (Lipinski definition) is 1. The number of ether oxygens (including phenoxy) is 2. The molecule has 5 nitrogen and oxygen atoms in total. The summed E-state index contributed by atoms with van der Waals surface area (Å²) in [7, 11) is 0. The van der Waals surface area contributed by atoms with E-state index in [-0.39, 0.29) is 6.09 Å². The van der Waals surface area contributed by atoms with Crippen molar-refractivity contribution in [2.24, 2.45) is 5.92 Å². The predicted molar refractivity (Wildman–Crippen MR) is 91.6 cm³/mol. The number of hydrogen-bond acceptors (Lipinski definition) is 4.